The third-order valence-electron chi connectivity index (χ3n) is 1.48. The number of pyridine rings is 1. The molecular weight excluding hydrogens is 241 g/mol. The van der Waals surface area contributed by atoms with Crippen molar-refractivity contribution in [2.45, 2.75) is 12.8 Å². The fourth-order valence-corrected chi connectivity index (χ4v) is 1.49. The van der Waals surface area contributed by atoms with Gasteiger partial charge in [0.05, 0.1) is 0 Å². The fourth-order valence-electron chi connectivity index (χ4n) is 0.909. The standard InChI is InChI=1S/C8H9BrClNO/c9-7-4-6(2-1-3-12)8(10)11-5-7/h4-5,12H,1-3H2. The smallest absolute Gasteiger partial charge is 0.132 e. The van der Waals surface area contributed by atoms with Crippen LogP contribution in [0.4, 0.5) is 0 Å². The second-order valence-electron chi connectivity index (χ2n) is 2.43. The normalized spacial score (nSPS) is 10.2. The summed E-state index contributed by atoms with van der Waals surface area (Å²) in [4.78, 5) is 3.97. The molecular formula is C8H9BrClNO. The van der Waals surface area contributed by atoms with Crippen molar-refractivity contribution < 1.29 is 5.11 Å². The highest BCUT2D eigenvalue weighted by molar-refractivity contribution is 9.10. The number of halogens is 2. The van der Waals surface area contributed by atoms with Crippen molar-refractivity contribution in [2.24, 2.45) is 0 Å². The highest BCUT2D eigenvalue weighted by atomic mass is 79.9. The van der Waals surface area contributed by atoms with E-state index in [0.717, 1.165) is 22.9 Å². The number of rotatable bonds is 3. The summed E-state index contributed by atoms with van der Waals surface area (Å²) in [6, 6.07) is 1.92. The van der Waals surface area contributed by atoms with E-state index in [1.807, 2.05) is 6.07 Å². The van der Waals surface area contributed by atoms with E-state index < -0.39 is 0 Å². The fraction of sp³-hybridized carbons (Fsp3) is 0.375. The maximum Gasteiger partial charge on any atom is 0.132 e. The van der Waals surface area contributed by atoms with Gasteiger partial charge in [-0.15, -0.1) is 0 Å². The molecule has 0 atom stereocenters. The molecule has 0 aliphatic carbocycles. The number of aryl methyl sites for hydroxylation is 1. The summed E-state index contributed by atoms with van der Waals surface area (Å²) < 4.78 is 0.917. The minimum absolute atomic E-state index is 0.183. The Kier molecular flexibility index (Phi) is 3.98. The van der Waals surface area contributed by atoms with Crippen LogP contribution < -0.4 is 0 Å². The first-order chi connectivity index (χ1) is 5.74. The molecule has 1 rings (SSSR count). The highest BCUT2D eigenvalue weighted by Gasteiger charge is 2.01. The molecule has 12 heavy (non-hydrogen) atoms. The van der Waals surface area contributed by atoms with Crippen LogP contribution in [0.2, 0.25) is 5.15 Å². The number of hydrogen-bond donors (Lipinski definition) is 1. The lowest BCUT2D eigenvalue weighted by molar-refractivity contribution is 0.288. The van der Waals surface area contributed by atoms with Crippen LogP contribution in [0.15, 0.2) is 16.7 Å². The van der Waals surface area contributed by atoms with Crippen molar-refractivity contribution in [3.8, 4) is 0 Å². The van der Waals surface area contributed by atoms with E-state index in [1.54, 1.807) is 6.20 Å². The zero-order chi connectivity index (χ0) is 8.97. The molecule has 0 fully saturated rings. The van der Waals surface area contributed by atoms with Gasteiger partial charge in [-0.05, 0) is 40.4 Å². The Bertz CT molecular complexity index is 267. The maximum absolute atomic E-state index is 8.61. The number of nitrogens with zero attached hydrogens (tertiary/aromatic N) is 1. The molecule has 0 radical (unpaired) electrons. The molecule has 1 aromatic rings. The van der Waals surface area contributed by atoms with Crippen molar-refractivity contribution in [2.75, 3.05) is 6.61 Å². The van der Waals surface area contributed by atoms with E-state index >= 15 is 0 Å². The number of aliphatic hydroxyl groups is 1. The monoisotopic (exact) mass is 249 g/mol. The Morgan fingerprint density at radius 2 is 2.33 bits per heavy atom. The molecule has 66 valence electrons. The van der Waals surface area contributed by atoms with Gasteiger partial charge < -0.3 is 5.11 Å². The summed E-state index contributed by atoms with van der Waals surface area (Å²) in [6.45, 7) is 0.183. The maximum atomic E-state index is 8.61. The summed E-state index contributed by atoms with van der Waals surface area (Å²) in [7, 11) is 0. The van der Waals surface area contributed by atoms with E-state index in [1.165, 1.54) is 0 Å². The van der Waals surface area contributed by atoms with Gasteiger partial charge in [-0.2, -0.15) is 0 Å². The molecule has 1 heterocycles. The Morgan fingerprint density at radius 1 is 1.58 bits per heavy atom. The average molecular weight is 251 g/mol. The first kappa shape index (κ1) is 9.96. The molecule has 0 aliphatic rings. The molecule has 1 aromatic heterocycles. The predicted molar refractivity (Wildman–Crippen MR) is 52.4 cm³/mol. The SMILES string of the molecule is OCCCc1cc(Br)cnc1Cl. The summed E-state index contributed by atoms with van der Waals surface area (Å²) in [5.41, 5.74) is 0.972. The van der Waals surface area contributed by atoms with Crippen LogP contribution in [0.1, 0.15) is 12.0 Å². The first-order valence-corrected chi connectivity index (χ1v) is 4.82. The lowest BCUT2D eigenvalue weighted by atomic mass is 10.2. The zero-order valence-electron chi connectivity index (χ0n) is 6.43. The van der Waals surface area contributed by atoms with E-state index in [9.17, 15) is 0 Å². The number of aromatic nitrogens is 1. The first-order valence-electron chi connectivity index (χ1n) is 3.65. The molecule has 4 heteroatoms. The predicted octanol–water partition coefficient (Wildman–Crippen LogP) is 2.42. The van der Waals surface area contributed by atoms with Gasteiger partial charge in [0.1, 0.15) is 5.15 Å². The quantitative estimate of drug-likeness (QED) is 0.836. The molecule has 2 nitrogen and oxygen atoms in total. The Hall–Kier alpha value is -0.120. The van der Waals surface area contributed by atoms with Crippen LogP contribution in [0, 0.1) is 0 Å². The van der Waals surface area contributed by atoms with Crippen molar-refractivity contribution >= 4 is 27.5 Å². The van der Waals surface area contributed by atoms with Gasteiger partial charge in [0, 0.05) is 17.3 Å². The van der Waals surface area contributed by atoms with Crippen LogP contribution in [-0.2, 0) is 6.42 Å². The zero-order valence-corrected chi connectivity index (χ0v) is 8.77. The van der Waals surface area contributed by atoms with Crippen LogP contribution in [0.5, 0.6) is 0 Å². The van der Waals surface area contributed by atoms with E-state index in [4.69, 9.17) is 16.7 Å². The molecule has 0 aromatic carbocycles. The van der Waals surface area contributed by atoms with Gasteiger partial charge in [-0.1, -0.05) is 11.6 Å². The van der Waals surface area contributed by atoms with Crippen molar-refractivity contribution in [3.05, 3.63) is 27.5 Å². The summed E-state index contributed by atoms with van der Waals surface area (Å²) in [5.74, 6) is 0. The van der Waals surface area contributed by atoms with E-state index in [2.05, 4.69) is 20.9 Å². The molecule has 0 spiro atoms. The highest BCUT2D eigenvalue weighted by Crippen LogP contribution is 2.18. The van der Waals surface area contributed by atoms with Crippen LogP contribution in [-0.4, -0.2) is 16.7 Å². The van der Waals surface area contributed by atoms with E-state index in [0.29, 0.717) is 5.15 Å². The van der Waals surface area contributed by atoms with Crippen molar-refractivity contribution in [1.29, 1.82) is 0 Å². The molecule has 0 unspecified atom stereocenters. The average Bonchev–Trinajstić information content (AvgIpc) is 2.07. The Balaban J connectivity index is 2.75. The molecule has 0 saturated carbocycles. The largest absolute Gasteiger partial charge is 0.396 e. The summed E-state index contributed by atoms with van der Waals surface area (Å²) >= 11 is 9.12. The summed E-state index contributed by atoms with van der Waals surface area (Å²) in [6.07, 6.45) is 3.14. The van der Waals surface area contributed by atoms with Crippen LogP contribution in [0.3, 0.4) is 0 Å². The molecule has 0 aliphatic heterocycles. The topological polar surface area (TPSA) is 33.1 Å². The third-order valence-corrected chi connectivity index (χ3v) is 2.26. The van der Waals surface area contributed by atoms with Gasteiger partial charge in [0.15, 0.2) is 0 Å². The number of hydrogen-bond acceptors (Lipinski definition) is 2. The number of aliphatic hydroxyl groups excluding tert-OH is 1. The van der Waals surface area contributed by atoms with Crippen molar-refractivity contribution in [3.63, 3.8) is 0 Å². The van der Waals surface area contributed by atoms with Crippen molar-refractivity contribution in [1.82, 2.24) is 4.98 Å². The molecule has 0 bridgehead atoms. The van der Waals surface area contributed by atoms with Gasteiger partial charge in [0.25, 0.3) is 0 Å². The van der Waals surface area contributed by atoms with E-state index in [-0.39, 0.29) is 6.61 Å². The second kappa shape index (κ2) is 4.80. The molecule has 0 amide bonds. The van der Waals surface area contributed by atoms with Crippen LogP contribution in [0.25, 0.3) is 0 Å². The second-order valence-corrected chi connectivity index (χ2v) is 3.70. The lowest BCUT2D eigenvalue weighted by Gasteiger charge is -2.01. The van der Waals surface area contributed by atoms with Gasteiger partial charge >= 0.3 is 0 Å². The molecule has 0 saturated heterocycles. The third kappa shape index (κ3) is 2.73. The molecule has 1 N–H and O–H groups in total. The van der Waals surface area contributed by atoms with Crippen LogP contribution >= 0.6 is 27.5 Å². The van der Waals surface area contributed by atoms with Gasteiger partial charge in [-0.3, -0.25) is 0 Å². The van der Waals surface area contributed by atoms with Gasteiger partial charge in [-0.25, -0.2) is 4.98 Å². The summed E-state index contributed by atoms with van der Waals surface area (Å²) in [5, 5.41) is 9.13. The lowest BCUT2D eigenvalue weighted by Crippen LogP contribution is -1.92. The minimum Gasteiger partial charge on any atom is -0.396 e. The Labute approximate surface area is 84.7 Å². The minimum atomic E-state index is 0.183. The van der Waals surface area contributed by atoms with Gasteiger partial charge in [0.2, 0.25) is 0 Å². The Morgan fingerprint density at radius 3 is 3.00 bits per heavy atom.